The van der Waals surface area contributed by atoms with Crippen LogP contribution in [-0.2, 0) is 11.2 Å². The second kappa shape index (κ2) is 10.2. The molecular formula is C28H34ClNOS. The maximum Gasteiger partial charge on any atom is 0.0778 e. The van der Waals surface area contributed by atoms with E-state index in [1.807, 2.05) is 23.5 Å². The Bertz CT molecular complexity index is 981. The third-order valence-corrected chi connectivity index (χ3v) is 8.86. The van der Waals surface area contributed by atoms with E-state index in [0.717, 1.165) is 50.0 Å². The molecule has 1 aromatic carbocycles. The molecule has 1 fully saturated rings. The Morgan fingerprint density at radius 2 is 1.97 bits per heavy atom. The van der Waals surface area contributed by atoms with Crippen LogP contribution in [0.15, 0.2) is 47.0 Å². The first-order valence-corrected chi connectivity index (χ1v) is 13.6. The molecule has 3 atom stereocenters. The van der Waals surface area contributed by atoms with Gasteiger partial charge >= 0.3 is 0 Å². The molecule has 0 N–H and O–H groups in total. The number of benzene rings is 1. The summed E-state index contributed by atoms with van der Waals surface area (Å²) in [5.74, 6) is 1.83. The Morgan fingerprint density at radius 1 is 1.09 bits per heavy atom. The van der Waals surface area contributed by atoms with E-state index in [4.69, 9.17) is 21.3 Å². The normalized spacial score (nSPS) is 26.1. The zero-order valence-electron chi connectivity index (χ0n) is 19.1. The lowest BCUT2D eigenvalue weighted by molar-refractivity contribution is 0.141. The predicted octanol–water partition coefficient (Wildman–Crippen LogP) is 7.83. The van der Waals surface area contributed by atoms with Gasteiger partial charge in [-0.05, 0) is 98.1 Å². The SMILES string of the molecule is CC1C=C2CCC(c3ccc(Cl)cc3)c3cc(CCC4CCCOCC4)sc3C2=NCC1. The number of halogens is 1. The quantitative estimate of drug-likeness (QED) is 0.448. The lowest BCUT2D eigenvalue weighted by Gasteiger charge is -2.16. The van der Waals surface area contributed by atoms with Gasteiger partial charge in [-0.3, -0.25) is 4.99 Å². The molecule has 0 amide bonds. The number of ether oxygens (including phenoxy) is 1. The van der Waals surface area contributed by atoms with Crippen LogP contribution in [0.3, 0.4) is 0 Å². The van der Waals surface area contributed by atoms with Gasteiger partial charge in [0.25, 0.3) is 0 Å². The fourth-order valence-electron chi connectivity index (χ4n) is 5.53. The summed E-state index contributed by atoms with van der Waals surface area (Å²) in [7, 11) is 0. The van der Waals surface area contributed by atoms with E-state index < -0.39 is 0 Å². The summed E-state index contributed by atoms with van der Waals surface area (Å²) >= 11 is 8.22. The van der Waals surface area contributed by atoms with Crippen LogP contribution in [0.25, 0.3) is 0 Å². The maximum absolute atomic E-state index is 6.21. The number of thiophene rings is 1. The van der Waals surface area contributed by atoms with E-state index in [2.05, 4.69) is 31.2 Å². The highest BCUT2D eigenvalue weighted by molar-refractivity contribution is 7.14. The zero-order chi connectivity index (χ0) is 21.9. The minimum Gasteiger partial charge on any atom is -0.381 e. The molecule has 3 aliphatic rings. The Balaban J connectivity index is 1.48. The molecule has 2 nitrogen and oxygen atoms in total. The van der Waals surface area contributed by atoms with E-state index in [1.165, 1.54) is 64.3 Å². The Hall–Kier alpha value is -1.42. The monoisotopic (exact) mass is 467 g/mol. The Morgan fingerprint density at radius 3 is 2.84 bits per heavy atom. The molecule has 5 rings (SSSR count). The summed E-state index contributed by atoms with van der Waals surface area (Å²) in [6.45, 7) is 5.16. The molecule has 2 aliphatic heterocycles. The fraction of sp³-hybridized carbons (Fsp3) is 0.536. The van der Waals surface area contributed by atoms with Gasteiger partial charge in [-0.15, -0.1) is 11.3 Å². The maximum atomic E-state index is 6.21. The van der Waals surface area contributed by atoms with Gasteiger partial charge in [-0.2, -0.15) is 0 Å². The van der Waals surface area contributed by atoms with Crippen molar-refractivity contribution >= 4 is 28.6 Å². The molecule has 0 bridgehead atoms. The first-order chi connectivity index (χ1) is 15.7. The highest BCUT2D eigenvalue weighted by Crippen LogP contribution is 2.43. The van der Waals surface area contributed by atoms with Gasteiger partial charge in [0.05, 0.1) is 10.6 Å². The summed E-state index contributed by atoms with van der Waals surface area (Å²) in [5.41, 5.74) is 5.64. The van der Waals surface area contributed by atoms with Crippen LogP contribution >= 0.6 is 22.9 Å². The van der Waals surface area contributed by atoms with Crippen LogP contribution in [0.4, 0.5) is 0 Å². The van der Waals surface area contributed by atoms with E-state index in [1.54, 1.807) is 0 Å². The van der Waals surface area contributed by atoms with Crippen LogP contribution in [0, 0.1) is 11.8 Å². The summed E-state index contributed by atoms with van der Waals surface area (Å²) in [6, 6.07) is 11.0. The summed E-state index contributed by atoms with van der Waals surface area (Å²) < 4.78 is 5.68. The van der Waals surface area contributed by atoms with Gasteiger partial charge < -0.3 is 4.74 Å². The van der Waals surface area contributed by atoms with Crippen molar-refractivity contribution in [2.75, 3.05) is 19.8 Å². The number of nitrogens with zero attached hydrogens (tertiary/aromatic N) is 1. The molecule has 0 spiro atoms. The van der Waals surface area contributed by atoms with Gasteiger partial charge in [0.15, 0.2) is 0 Å². The number of aryl methyl sites for hydroxylation is 1. The average molecular weight is 468 g/mol. The van der Waals surface area contributed by atoms with Gasteiger partial charge in [-0.25, -0.2) is 0 Å². The van der Waals surface area contributed by atoms with E-state index >= 15 is 0 Å². The van der Waals surface area contributed by atoms with Crippen molar-refractivity contribution in [2.24, 2.45) is 16.8 Å². The number of hydrogen-bond donors (Lipinski definition) is 0. The van der Waals surface area contributed by atoms with Gasteiger partial charge in [0.2, 0.25) is 0 Å². The fourth-order valence-corrected chi connectivity index (χ4v) is 6.94. The van der Waals surface area contributed by atoms with Crippen molar-refractivity contribution in [3.8, 4) is 0 Å². The summed E-state index contributed by atoms with van der Waals surface area (Å²) in [4.78, 5) is 8.10. The molecular weight excluding hydrogens is 434 g/mol. The molecule has 3 heterocycles. The van der Waals surface area contributed by atoms with E-state index in [-0.39, 0.29) is 0 Å². The van der Waals surface area contributed by atoms with Crippen molar-refractivity contribution in [3.63, 3.8) is 0 Å². The third-order valence-electron chi connectivity index (χ3n) is 7.39. The number of fused-ring (bicyclic) bond motifs is 3. The third kappa shape index (κ3) is 5.05. The molecule has 1 saturated heterocycles. The van der Waals surface area contributed by atoms with Crippen LogP contribution in [0.1, 0.15) is 78.7 Å². The van der Waals surface area contributed by atoms with Gasteiger partial charge in [-0.1, -0.05) is 36.7 Å². The molecule has 1 aromatic heterocycles. The van der Waals surface area contributed by atoms with Crippen LogP contribution < -0.4 is 0 Å². The van der Waals surface area contributed by atoms with Crippen molar-refractivity contribution in [2.45, 2.75) is 64.2 Å². The van der Waals surface area contributed by atoms with E-state index in [9.17, 15) is 0 Å². The molecule has 2 aromatic rings. The first-order valence-electron chi connectivity index (χ1n) is 12.4. The highest BCUT2D eigenvalue weighted by atomic mass is 35.5. The van der Waals surface area contributed by atoms with Crippen LogP contribution in [0.5, 0.6) is 0 Å². The molecule has 0 saturated carbocycles. The minimum absolute atomic E-state index is 0.421. The molecule has 4 heteroatoms. The number of rotatable bonds is 4. The molecule has 0 radical (unpaired) electrons. The van der Waals surface area contributed by atoms with Crippen molar-refractivity contribution < 1.29 is 4.74 Å². The van der Waals surface area contributed by atoms with Crippen molar-refractivity contribution in [1.29, 1.82) is 0 Å². The lowest BCUT2D eigenvalue weighted by atomic mass is 9.88. The minimum atomic E-state index is 0.421. The van der Waals surface area contributed by atoms with Gasteiger partial charge in [0, 0.05) is 35.6 Å². The summed E-state index contributed by atoms with van der Waals surface area (Å²) in [6.07, 6.45) is 12.1. The highest BCUT2D eigenvalue weighted by Gasteiger charge is 2.30. The smallest absolute Gasteiger partial charge is 0.0778 e. The molecule has 1 aliphatic carbocycles. The standard InChI is InChI=1S/C28H34ClNOS/c1-19-12-14-30-27-22(17-19)7-11-25(21-5-8-23(29)9-6-21)26-18-24(32-28(26)27)10-4-20-3-2-15-31-16-13-20/h5-6,8-9,17-20,25H,2-4,7,10-16H2,1H3. The van der Waals surface area contributed by atoms with Crippen LogP contribution in [0.2, 0.25) is 5.02 Å². The first kappa shape index (κ1) is 22.4. The van der Waals surface area contributed by atoms with Gasteiger partial charge in [0.1, 0.15) is 0 Å². The number of aliphatic imine (C=N–C) groups is 1. The molecule has 3 unspecified atom stereocenters. The van der Waals surface area contributed by atoms with Crippen LogP contribution in [-0.4, -0.2) is 25.5 Å². The predicted molar refractivity (Wildman–Crippen MR) is 137 cm³/mol. The van der Waals surface area contributed by atoms with Crippen molar-refractivity contribution in [3.05, 3.63) is 67.9 Å². The summed E-state index contributed by atoms with van der Waals surface area (Å²) in [5, 5.41) is 0.812. The topological polar surface area (TPSA) is 21.6 Å². The zero-order valence-corrected chi connectivity index (χ0v) is 20.7. The lowest BCUT2D eigenvalue weighted by Crippen LogP contribution is -2.03. The Labute approximate surface area is 201 Å². The molecule has 32 heavy (non-hydrogen) atoms. The average Bonchev–Trinajstić information content (AvgIpc) is 2.93. The second-order valence-electron chi connectivity index (χ2n) is 9.78. The second-order valence-corrected chi connectivity index (χ2v) is 11.3. The number of hydrogen-bond acceptors (Lipinski definition) is 3. The molecule has 170 valence electrons. The van der Waals surface area contributed by atoms with Crippen molar-refractivity contribution in [1.82, 2.24) is 0 Å². The van der Waals surface area contributed by atoms with E-state index in [0.29, 0.717) is 11.8 Å². The Kier molecular flexibility index (Phi) is 7.16. The largest absolute Gasteiger partial charge is 0.381 e. The number of allylic oxidation sites excluding steroid dienone is 2.